The fraction of sp³-hybridized carbons (Fsp3) is 0.725. The third-order valence-corrected chi connectivity index (χ3v) is 10.9. The minimum absolute atomic E-state index is 0.0262. The average molecular weight is 762 g/mol. The number of carbonyl (C=O) groups excluding carboxylic acids is 5. The second-order valence-corrected chi connectivity index (χ2v) is 15.2. The van der Waals surface area contributed by atoms with Crippen molar-refractivity contribution in [2.24, 2.45) is 17.8 Å². The molecule has 0 saturated carbocycles. The highest BCUT2D eigenvalue weighted by Crippen LogP contribution is 2.30. The molecule has 1 aliphatic rings. The molecule has 306 valence electrons. The van der Waals surface area contributed by atoms with Gasteiger partial charge in [0.25, 0.3) is 0 Å². The highest BCUT2D eigenvalue weighted by Gasteiger charge is 2.43. The number of likely N-dealkylation sites (N-methyl/N-ethyl adjacent to an activating group) is 2. The van der Waals surface area contributed by atoms with E-state index in [9.17, 15) is 29.1 Å². The fourth-order valence-electron chi connectivity index (χ4n) is 7.65. The fourth-order valence-corrected chi connectivity index (χ4v) is 7.65. The van der Waals surface area contributed by atoms with Gasteiger partial charge in [-0.25, -0.2) is 4.79 Å². The highest BCUT2D eigenvalue weighted by atomic mass is 16.5. The zero-order chi connectivity index (χ0) is 40.9. The molecule has 0 aliphatic carbocycles. The van der Waals surface area contributed by atoms with Crippen LogP contribution in [0.25, 0.3) is 0 Å². The number of nitrogens with one attached hydrogen (secondary N) is 2. The zero-order valence-electron chi connectivity index (χ0n) is 34.5. The first-order valence-corrected chi connectivity index (χ1v) is 19.1. The van der Waals surface area contributed by atoms with E-state index in [1.54, 1.807) is 42.8 Å². The normalized spacial score (nSPS) is 19.5. The quantitative estimate of drug-likeness (QED) is 0.158. The highest BCUT2D eigenvalue weighted by molar-refractivity contribution is 5.90. The first kappa shape index (κ1) is 46.6. The van der Waals surface area contributed by atoms with E-state index in [-0.39, 0.29) is 36.5 Å². The molecule has 0 aromatic heterocycles. The lowest BCUT2D eigenvalue weighted by Gasteiger charge is -2.41. The Balaban J connectivity index is 2.29. The molecule has 0 bridgehead atoms. The van der Waals surface area contributed by atoms with Gasteiger partial charge in [-0.1, -0.05) is 71.4 Å². The summed E-state index contributed by atoms with van der Waals surface area (Å²) in [5.41, 5.74) is 0.867. The number of aliphatic hydroxyl groups excluding tert-OH is 1. The summed E-state index contributed by atoms with van der Waals surface area (Å²) in [5, 5.41) is 16.0. The number of carbonyl (C=O) groups is 5. The van der Waals surface area contributed by atoms with Gasteiger partial charge < -0.3 is 39.8 Å². The van der Waals surface area contributed by atoms with Crippen molar-refractivity contribution in [3.05, 3.63) is 35.9 Å². The maximum atomic E-state index is 14.2. The number of ether oxygens (including phenoxy) is 3. The third-order valence-electron chi connectivity index (χ3n) is 10.9. The molecule has 1 aromatic carbocycles. The number of rotatable bonds is 21. The Kier molecular flexibility index (Phi) is 19.0. The lowest BCUT2D eigenvalue weighted by Crippen LogP contribution is -2.60. The second-order valence-electron chi connectivity index (χ2n) is 15.2. The van der Waals surface area contributed by atoms with Crippen LogP contribution in [0.1, 0.15) is 72.8 Å². The van der Waals surface area contributed by atoms with Gasteiger partial charge in [-0.2, -0.15) is 0 Å². The summed E-state index contributed by atoms with van der Waals surface area (Å²) in [6.45, 7) is 11.4. The molecule has 14 nitrogen and oxygen atoms in total. The predicted octanol–water partition coefficient (Wildman–Crippen LogP) is 2.26. The molecule has 54 heavy (non-hydrogen) atoms. The molecule has 14 heteroatoms. The Morgan fingerprint density at radius 3 is 2.06 bits per heavy atom. The van der Waals surface area contributed by atoms with Crippen LogP contribution in [0.3, 0.4) is 0 Å². The molecule has 10 atom stereocenters. The van der Waals surface area contributed by atoms with Gasteiger partial charge in [-0.05, 0) is 51.3 Å². The van der Waals surface area contributed by atoms with Crippen LogP contribution >= 0.6 is 0 Å². The van der Waals surface area contributed by atoms with Crippen LogP contribution in [0.2, 0.25) is 0 Å². The molecular formula is C40H67N5O9. The largest absolute Gasteiger partial charge is 0.467 e. The topological polar surface area (TPSA) is 167 Å². The monoisotopic (exact) mass is 761 g/mol. The molecule has 1 saturated heterocycles. The van der Waals surface area contributed by atoms with Crippen molar-refractivity contribution in [2.75, 3.05) is 49.0 Å². The van der Waals surface area contributed by atoms with Gasteiger partial charge in [0.2, 0.25) is 23.6 Å². The van der Waals surface area contributed by atoms with Crippen molar-refractivity contribution in [1.29, 1.82) is 0 Å². The molecule has 0 radical (unpaired) electrons. The molecule has 4 amide bonds. The average Bonchev–Trinajstić information content (AvgIpc) is 3.62. The SMILES string of the molecule is CC[C@H](C)[C@@H]([C@@H](CC(=O)N1CCC[C@H]1[C@H](OC)[C@@H](C)C(=O)N[C@@H](Cc1ccccc1)C(=O)OC)OC)N(C)C(=O)[C@@H](NC(=O)[C@H](C(C)O)N(C)C)C(C)C. The van der Waals surface area contributed by atoms with Crippen LogP contribution in [0.4, 0.5) is 0 Å². The first-order chi connectivity index (χ1) is 25.4. The number of nitrogens with zero attached hydrogens (tertiary/aromatic N) is 3. The number of esters is 1. The van der Waals surface area contributed by atoms with Crippen LogP contribution in [-0.2, 0) is 44.6 Å². The van der Waals surface area contributed by atoms with Crippen molar-refractivity contribution in [3.8, 4) is 0 Å². The van der Waals surface area contributed by atoms with Crippen molar-refractivity contribution in [3.63, 3.8) is 0 Å². The molecular weight excluding hydrogens is 694 g/mol. The Bertz CT molecular complexity index is 1350. The van der Waals surface area contributed by atoms with Crippen LogP contribution in [0, 0.1) is 17.8 Å². The first-order valence-electron chi connectivity index (χ1n) is 19.1. The van der Waals surface area contributed by atoms with Gasteiger partial charge in [0.15, 0.2) is 0 Å². The molecule has 1 aliphatic heterocycles. The Hall–Kier alpha value is -3.59. The summed E-state index contributed by atoms with van der Waals surface area (Å²) in [6, 6.07) is 5.79. The van der Waals surface area contributed by atoms with E-state index >= 15 is 0 Å². The van der Waals surface area contributed by atoms with Crippen LogP contribution in [0.5, 0.6) is 0 Å². The van der Waals surface area contributed by atoms with E-state index in [4.69, 9.17) is 14.2 Å². The number of likely N-dealkylation sites (tertiary alicyclic amines) is 1. The van der Waals surface area contributed by atoms with Gasteiger partial charge in [0.1, 0.15) is 18.1 Å². The number of amides is 4. The Morgan fingerprint density at radius 1 is 0.926 bits per heavy atom. The number of benzene rings is 1. The van der Waals surface area contributed by atoms with Crippen molar-refractivity contribution in [2.45, 2.75) is 122 Å². The molecule has 1 heterocycles. The van der Waals surface area contributed by atoms with E-state index in [0.29, 0.717) is 25.8 Å². The second kappa shape index (κ2) is 22.1. The summed E-state index contributed by atoms with van der Waals surface area (Å²) in [5.74, 6) is -2.97. The molecule has 0 spiro atoms. The number of hydrogen-bond donors (Lipinski definition) is 3. The van der Waals surface area contributed by atoms with Crippen molar-refractivity contribution in [1.82, 2.24) is 25.3 Å². The molecule has 1 unspecified atom stereocenters. The van der Waals surface area contributed by atoms with E-state index in [1.165, 1.54) is 28.3 Å². The lowest BCUT2D eigenvalue weighted by atomic mass is 9.89. The zero-order valence-corrected chi connectivity index (χ0v) is 34.5. The molecule has 2 rings (SSSR count). The summed E-state index contributed by atoms with van der Waals surface area (Å²) < 4.78 is 16.9. The Morgan fingerprint density at radius 2 is 1.56 bits per heavy atom. The maximum Gasteiger partial charge on any atom is 0.328 e. The minimum Gasteiger partial charge on any atom is -0.467 e. The lowest BCUT2D eigenvalue weighted by molar-refractivity contribution is -0.149. The van der Waals surface area contributed by atoms with Gasteiger partial charge in [-0.3, -0.25) is 24.1 Å². The smallest absolute Gasteiger partial charge is 0.328 e. The molecule has 1 fully saturated rings. The van der Waals surface area contributed by atoms with E-state index < -0.39 is 72.2 Å². The van der Waals surface area contributed by atoms with Crippen molar-refractivity contribution < 1.29 is 43.3 Å². The van der Waals surface area contributed by atoms with Crippen LogP contribution < -0.4 is 10.6 Å². The maximum absolute atomic E-state index is 14.2. The number of hydrogen-bond acceptors (Lipinski definition) is 10. The van der Waals surface area contributed by atoms with E-state index in [0.717, 1.165) is 5.56 Å². The van der Waals surface area contributed by atoms with E-state index in [1.807, 2.05) is 58.0 Å². The van der Waals surface area contributed by atoms with Gasteiger partial charge in [0.05, 0.1) is 49.8 Å². The Labute approximate surface area is 322 Å². The van der Waals surface area contributed by atoms with Gasteiger partial charge in [-0.15, -0.1) is 0 Å². The van der Waals surface area contributed by atoms with Crippen molar-refractivity contribution >= 4 is 29.6 Å². The van der Waals surface area contributed by atoms with Crippen LogP contribution in [-0.4, -0.2) is 147 Å². The van der Waals surface area contributed by atoms with Gasteiger partial charge in [0, 0.05) is 34.2 Å². The summed E-state index contributed by atoms with van der Waals surface area (Å²) in [6.07, 6.45) is -0.0460. The predicted molar refractivity (Wildman–Crippen MR) is 206 cm³/mol. The summed E-state index contributed by atoms with van der Waals surface area (Å²) in [4.78, 5) is 72.9. The standard InChI is InChI=1S/C40H67N5O9/c1-13-25(4)34(44(9)39(50)33(24(2)3)42-38(49)35(27(6)46)43(7)8)31(52-10)23-32(47)45-21-17-20-30(45)36(53-11)26(5)37(48)41-29(40(51)54-12)22-28-18-15-14-16-19-28/h14-16,18-19,24-27,29-31,33-36,46H,13,17,20-23H2,1-12H3,(H,41,48)(H,42,49)/t25-,26+,27?,29-,30-,31+,33-,34-,35-,36+/m0/s1. The minimum atomic E-state index is -0.960. The summed E-state index contributed by atoms with van der Waals surface area (Å²) >= 11 is 0. The molecule has 3 N–H and O–H groups in total. The number of methoxy groups -OCH3 is 3. The third kappa shape index (κ3) is 12.2. The summed E-state index contributed by atoms with van der Waals surface area (Å²) in [7, 11) is 9.38. The van der Waals surface area contributed by atoms with E-state index in [2.05, 4.69) is 10.6 Å². The molecule has 1 aromatic rings. The van der Waals surface area contributed by atoms with Crippen LogP contribution in [0.15, 0.2) is 30.3 Å². The van der Waals surface area contributed by atoms with Gasteiger partial charge >= 0.3 is 5.97 Å². The number of aliphatic hydroxyl groups is 1.